The maximum absolute atomic E-state index is 13.9. The van der Waals surface area contributed by atoms with Gasteiger partial charge in [-0.25, -0.2) is 9.07 Å². The molecule has 0 aliphatic carbocycles. The van der Waals surface area contributed by atoms with E-state index in [1.54, 1.807) is 12.3 Å². The third-order valence-electron chi connectivity index (χ3n) is 2.57. The first-order valence-corrected chi connectivity index (χ1v) is 6.28. The number of rotatable bonds is 5. The van der Waals surface area contributed by atoms with Crippen LogP contribution in [-0.4, -0.2) is 16.3 Å². The van der Waals surface area contributed by atoms with Crippen LogP contribution in [-0.2, 0) is 6.54 Å². The molecule has 1 aromatic carbocycles. The molecular formula is C13H15ClFN3. The molecule has 5 heteroatoms. The number of hydrogen-bond donors (Lipinski definition) is 1. The summed E-state index contributed by atoms with van der Waals surface area (Å²) in [4.78, 5) is 0. The molecule has 2 rings (SSSR count). The van der Waals surface area contributed by atoms with Crippen LogP contribution in [0.15, 0.2) is 30.6 Å². The number of aromatic nitrogens is 2. The molecule has 0 bridgehead atoms. The van der Waals surface area contributed by atoms with Crippen molar-refractivity contribution in [2.24, 2.45) is 0 Å². The van der Waals surface area contributed by atoms with Gasteiger partial charge in [0.25, 0.3) is 0 Å². The molecule has 96 valence electrons. The van der Waals surface area contributed by atoms with E-state index >= 15 is 0 Å². The summed E-state index contributed by atoms with van der Waals surface area (Å²) in [6.45, 7) is 3.70. The van der Waals surface area contributed by atoms with Crippen LogP contribution in [0.1, 0.15) is 18.9 Å². The third-order valence-corrected chi connectivity index (χ3v) is 2.76. The molecule has 1 heterocycles. The van der Waals surface area contributed by atoms with Gasteiger partial charge in [0, 0.05) is 12.7 Å². The van der Waals surface area contributed by atoms with E-state index in [0.29, 0.717) is 17.3 Å². The van der Waals surface area contributed by atoms with Crippen molar-refractivity contribution in [2.75, 3.05) is 6.54 Å². The second-order valence-corrected chi connectivity index (χ2v) is 4.50. The second kappa shape index (κ2) is 5.98. The highest BCUT2D eigenvalue weighted by Crippen LogP contribution is 2.16. The number of benzene rings is 1. The van der Waals surface area contributed by atoms with E-state index in [1.807, 2.05) is 6.07 Å². The van der Waals surface area contributed by atoms with Crippen molar-refractivity contribution in [1.29, 1.82) is 0 Å². The van der Waals surface area contributed by atoms with Crippen LogP contribution in [0.5, 0.6) is 0 Å². The summed E-state index contributed by atoms with van der Waals surface area (Å²) in [5.41, 5.74) is 1.32. The number of hydrogen-bond acceptors (Lipinski definition) is 2. The Labute approximate surface area is 111 Å². The van der Waals surface area contributed by atoms with Gasteiger partial charge in [-0.1, -0.05) is 24.6 Å². The van der Waals surface area contributed by atoms with Gasteiger partial charge in [0.1, 0.15) is 11.5 Å². The highest BCUT2D eigenvalue weighted by atomic mass is 35.5. The molecule has 0 aliphatic heterocycles. The Balaban J connectivity index is 2.15. The minimum absolute atomic E-state index is 0.300. The van der Waals surface area contributed by atoms with Gasteiger partial charge in [0.2, 0.25) is 0 Å². The monoisotopic (exact) mass is 267 g/mol. The van der Waals surface area contributed by atoms with Gasteiger partial charge >= 0.3 is 0 Å². The number of nitrogens with one attached hydrogen (secondary N) is 1. The van der Waals surface area contributed by atoms with Gasteiger partial charge in [0.15, 0.2) is 0 Å². The fourth-order valence-electron chi connectivity index (χ4n) is 1.69. The summed E-state index contributed by atoms with van der Waals surface area (Å²) >= 11 is 5.76. The van der Waals surface area contributed by atoms with E-state index in [2.05, 4.69) is 17.3 Å². The van der Waals surface area contributed by atoms with E-state index in [4.69, 9.17) is 11.6 Å². The number of halogens is 2. The van der Waals surface area contributed by atoms with Crippen molar-refractivity contribution >= 4 is 11.6 Å². The third kappa shape index (κ3) is 3.09. The molecule has 0 amide bonds. The summed E-state index contributed by atoms with van der Waals surface area (Å²) in [6, 6.07) is 5.12. The Morgan fingerprint density at radius 1 is 1.44 bits per heavy atom. The molecule has 2 aromatic rings. The average molecular weight is 268 g/mol. The Kier molecular flexibility index (Phi) is 4.33. The summed E-state index contributed by atoms with van der Waals surface area (Å²) in [7, 11) is 0. The molecule has 0 radical (unpaired) electrons. The Morgan fingerprint density at radius 3 is 2.89 bits per heavy atom. The van der Waals surface area contributed by atoms with E-state index in [9.17, 15) is 4.39 Å². The fraction of sp³-hybridized carbons (Fsp3) is 0.308. The summed E-state index contributed by atoms with van der Waals surface area (Å²) in [5, 5.41) is 7.70. The lowest BCUT2D eigenvalue weighted by Crippen LogP contribution is -2.14. The summed E-state index contributed by atoms with van der Waals surface area (Å²) in [5.74, 6) is -0.300. The van der Waals surface area contributed by atoms with Crippen LogP contribution < -0.4 is 5.32 Å². The van der Waals surface area contributed by atoms with Crippen molar-refractivity contribution in [1.82, 2.24) is 15.1 Å². The zero-order chi connectivity index (χ0) is 13.0. The SMILES string of the molecule is CCCNCc1ccc(-n2cc(Cl)cn2)c(F)c1. The molecule has 18 heavy (non-hydrogen) atoms. The molecular weight excluding hydrogens is 253 g/mol. The van der Waals surface area contributed by atoms with Gasteiger partial charge in [0.05, 0.1) is 11.2 Å². The van der Waals surface area contributed by atoms with Crippen LogP contribution in [0, 0.1) is 5.82 Å². The number of nitrogens with zero attached hydrogens (tertiary/aromatic N) is 2. The molecule has 0 unspecified atom stereocenters. The average Bonchev–Trinajstić information content (AvgIpc) is 2.76. The van der Waals surface area contributed by atoms with Gasteiger partial charge in [-0.3, -0.25) is 0 Å². The van der Waals surface area contributed by atoms with Crippen LogP contribution in [0.3, 0.4) is 0 Å². The predicted molar refractivity (Wildman–Crippen MR) is 70.5 cm³/mol. The zero-order valence-electron chi connectivity index (χ0n) is 10.2. The van der Waals surface area contributed by atoms with Gasteiger partial charge in [-0.2, -0.15) is 5.10 Å². The Bertz CT molecular complexity index is 525. The van der Waals surface area contributed by atoms with Crippen molar-refractivity contribution < 1.29 is 4.39 Å². The molecule has 0 aliphatic rings. The Morgan fingerprint density at radius 2 is 2.28 bits per heavy atom. The quantitative estimate of drug-likeness (QED) is 0.844. The van der Waals surface area contributed by atoms with Crippen molar-refractivity contribution in [3.05, 3.63) is 47.0 Å². The minimum Gasteiger partial charge on any atom is -0.313 e. The van der Waals surface area contributed by atoms with Crippen molar-refractivity contribution in [3.8, 4) is 5.69 Å². The highest BCUT2D eigenvalue weighted by molar-refractivity contribution is 6.30. The van der Waals surface area contributed by atoms with Crippen LogP contribution in [0.2, 0.25) is 5.02 Å². The fourth-order valence-corrected chi connectivity index (χ4v) is 1.82. The van der Waals surface area contributed by atoms with Crippen LogP contribution in [0.25, 0.3) is 5.69 Å². The van der Waals surface area contributed by atoms with Gasteiger partial charge < -0.3 is 5.32 Å². The lowest BCUT2D eigenvalue weighted by molar-refractivity contribution is 0.604. The minimum atomic E-state index is -0.300. The first-order valence-electron chi connectivity index (χ1n) is 5.90. The largest absolute Gasteiger partial charge is 0.313 e. The van der Waals surface area contributed by atoms with Crippen molar-refractivity contribution in [2.45, 2.75) is 19.9 Å². The van der Waals surface area contributed by atoms with E-state index in [-0.39, 0.29) is 5.82 Å². The molecule has 0 fully saturated rings. The van der Waals surface area contributed by atoms with E-state index < -0.39 is 0 Å². The molecule has 0 saturated carbocycles. The molecule has 0 saturated heterocycles. The van der Waals surface area contributed by atoms with Gasteiger partial charge in [-0.05, 0) is 30.7 Å². The van der Waals surface area contributed by atoms with E-state index in [0.717, 1.165) is 18.5 Å². The van der Waals surface area contributed by atoms with E-state index in [1.165, 1.54) is 16.9 Å². The molecule has 0 spiro atoms. The summed E-state index contributed by atoms with van der Waals surface area (Å²) in [6.07, 6.45) is 4.12. The second-order valence-electron chi connectivity index (χ2n) is 4.07. The predicted octanol–water partition coefficient (Wildman–Crippen LogP) is 3.16. The van der Waals surface area contributed by atoms with Gasteiger partial charge in [-0.15, -0.1) is 0 Å². The first kappa shape index (κ1) is 13.1. The smallest absolute Gasteiger partial charge is 0.149 e. The standard InChI is InChI=1S/C13H15ClFN3/c1-2-5-16-7-10-3-4-13(12(15)6-10)18-9-11(14)8-17-18/h3-4,6,8-9,16H,2,5,7H2,1H3. The lowest BCUT2D eigenvalue weighted by atomic mass is 10.2. The first-order chi connectivity index (χ1) is 8.70. The molecule has 3 nitrogen and oxygen atoms in total. The lowest BCUT2D eigenvalue weighted by Gasteiger charge is -2.07. The Hall–Kier alpha value is -1.39. The zero-order valence-corrected chi connectivity index (χ0v) is 10.9. The topological polar surface area (TPSA) is 29.9 Å². The highest BCUT2D eigenvalue weighted by Gasteiger charge is 2.07. The van der Waals surface area contributed by atoms with Crippen LogP contribution >= 0.6 is 11.6 Å². The maximum atomic E-state index is 13.9. The molecule has 0 atom stereocenters. The molecule has 1 aromatic heterocycles. The maximum Gasteiger partial charge on any atom is 0.149 e. The molecule has 1 N–H and O–H groups in total. The van der Waals surface area contributed by atoms with Crippen LogP contribution in [0.4, 0.5) is 4.39 Å². The normalized spacial score (nSPS) is 10.8. The van der Waals surface area contributed by atoms with Crippen molar-refractivity contribution in [3.63, 3.8) is 0 Å². The summed E-state index contributed by atoms with van der Waals surface area (Å²) < 4.78 is 15.4.